The predicted octanol–water partition coefficient (Wildman–Crippen LogP) is 1.34. The quantitative estimate of drug-likeness (QED) is 0.338. The maximum absolute atomic E-state index is 11.4. The molecule has 8 nitrogen and oxygen atoms in total. The number of carboxylic acids is 2. The first-order valence-corrected chi connectivity index (χ1v) is 9.98. The van der Waals surface area contributed by atoms with Crippen LogP contribution in [0.2, 0.25) is 0 Å². The van der Waals surface area contributed by atoms with Crippen molar-refractivity contribution in [3.8, 4) is 0 Å². The molecule has 0 bridgehead atoms. The molecule has 0 heterocycles. The number of carbonyl (C=O) groups excluding carboxylic acids is 4. The van der Waals surface area contributed by atoms with Crippen molar-refractivity contribution in [1.29, 1.82) is 0 Å². The summed E-state index contributed by atoms with van der Waals surface area (Å²) in [5.41, 5.74) is 0.761. The van der Waals surface area contributed by atoms with Gasteiger partial charge in [-0.2, -0.15) is 0 Å². The van der Waals surface area contributed by atoms with E-state index < -0.39 is 23.9 Å². The molecular formula is C24H26BaO8. The van der Waals surface area contributed by atoms with Gasteiger partial charge in [-0.3, -0.25) is 0 Å². The number of hydrogen-bond donors (Lipinski definition) is 0. The number of esters is 2. The van der Waals surface area contributed by atoms with E-state index in [1.165, 1.54) is 48.5 Å². The summed E-state index contributed by atoms with van der Waals surface area (Å²) >= 11 is 0. The number of ether oxygens (including phenoxy) is 2. The van der Waals surface area contributed by atoms with E-state index in [-0.39, 0.29) is 71.8 Å². The van der Waals surface area contributed by atoms with E-state index in [0.717, 1.165) is 0 Å². The summed E-state index contributed by atoms with van der Waals surface area (Å²) in [5.74, 6) is -2.88. The molecule has 0 saturated carbocycles. The maximum atomic E-state index is 11.4. The van der Waals surface area contributed by atoms with Gasteiger partial charge in [0.1, 0.15) is 0 Å². The first-order chi connectivity index (χ1) is 15.0. The van der Waals surface area contributed by atoms with Gasteiger partial charge in [-0.25, -0.2) is 9.59 Å². The molecule has 0 unspecified atom stereocenters. The van der Waals surface area contributed by atoms with Crippen LogP contribution in [0.15, 0.2) is 48.5 Å². The number of carboxylic acid groups (broad SMARTS) is 2. The van der Waals surface area contributed by atoms with E-state index in [2.05, 4.69) is 0 Å². The molecule has 0 aliphatic rings. The van der Waals surface area contributed by atoms with E-state index in [9.17, 15) is 29.4 Å². The van der Waals surface area contributed by atoms with Crippen molar-refractivity contribution in [1.82, 2.24) is 0 Å². The molecule has 33 heavy (non-hydrogen) atoms. The molecule has 0 N–H and O–H groups in total. The molecule has 0 saturated heterocycles. The van der Waals surface area contributed by atoms with Crippen LogP contribution in [0, 0.1) is 11.8 Å². The standard InChI is InChI=1S/2C12H14O4.Ba/c2*1-8(2)7-16-12(15)10-5-3-9(4-6-10)11(13)14;/h2*3-6,8H,7H2,1-2H3,(H,13,14);/q;;+2/p-2. The molecule has 9 heteroatoms. The largest absolute Gasteiger partial charge is 2.00 e. The molecule has 0 aliphatic carbocycles. The monoisotopic (exact) mass is 580 g/mol. The third-order valence-corrected chi connectivity index (χ3v) is 3.81. The van der Waals surface area contributed by atoms with Crippen molar-refractivity contribution in [2.24, 2.45) is 11.8 Å². The number of hydrogen-bond acceptors (Lipinski definition) is 8. The van der Waals surface area contributed by atoms with Crippen LogP contribution in [0.4, 0.5) is 0 Å². The Bertz CT molecular complexity index is 841. The Hall–Kier alpha value is -2.11. The second-order valence-corrected chi connectivity index (χ2v) is 7.71. The summed E-state index contributed by atoms with van der Waals surface area (Å²) in [6.45, 7) is 8.44. The summed E-state index contributed by atoms with van der Waals surface area (Å²) in [6.07, 6.45) is 0. The molecule has 0 aliphatic heterocycles. The molecule has 2 aromatic carbocycles. The van der Waals surface area contributed by atoms with Gasteiger partial charge in [-0.1, -0.05) is 52.0 Å². The van der Waals surface area contributed by atoms with Gasteiger partial charge in [0.25, 0.3) is 0 Å². The second-order valence-electron chi connectivity index (χ2n) is 7.71. The van der Waals surface area contributed by atoms with Crippen molar-refractivity contribution in [3.63, 3.8) is 0 Å². The minimum absolute atomic E-state index is 0. The normalized spacial score (nSPS) is 9.88. The van der Waals surface area contributed by atoms with Gasteiger partial charge in [-0.05, 0) is 47.2 Å². The minimum Gasteiger partial charge on any atom is -0.545 e. The SMILES string of the molecule is CC(C)COC(=O)c1ccc(C(=O)[O-])cc1.CC(C)COC(=O)c1ccc(C(=O)[O-])cc1.[Ba+2]. The van der Waals surface area contributed by atoms with Gasteiger partial charge in [0.15, 0.2) is 0 Å². The Morgan fingerprint density at radius 1 is 0.606 bits per heavy atom. The zero-order chi connectivity index (χ0) is 24.3. The van der Waals surface area contributed by atoms with Gasteiger partial charge in [-0.15, -0.1) is 0 Å². The Morgan fingerprint density at radius 3 is 1.06 bits per heavy atom. The molecule has 2 aromatic rings. The number of carbonyl (C=O) groups is 4. The number of aromatic carboxylic acids is 2. The average Bonchev–Trinajstić information content (AvgIpc) is 2.76. The smallest absolute Gasteiger partial charge is 0.545 e. The summed E-state index contributed by atoms with van der Waals surface area (Å²) in [6, 6.07) is 10.9. The molecule has 0 atom stereocenters. The summed E-state index contributed by atoms with van der Waals surface area (Å²) in [5, 5.41) is 20.9. The summed E-state index contributed by atoms with van der Waals surface area (Å²) < 4.78 is 9.98. The fraction of sp³-hybridized carbons (Fsp3) is 0.333. The summed E-state index contributed by atoms with van der Waals surface area (Å²) in [7, 11) is 0. The third-order valence-electron chi connectivity index (χ3n) is 3.81. The molecule has 172 valence electrons. The van der Waals surface area contributed by atoms with Crippen LogP contribution in [-0.2, 0) is 9.47 Å². The molecule has 0 spiro atoms. The first kappa shape index (κ1) is 30.9. The van der Waals surface area contributed by atoms with Crippen molar-refractivity contribution in [2.45, 2.75) is 27.7 Å². The number of rotatable bonds is 8. The van der Waals surface area contributed by atoms with Crippen molar-refractivity contribution in [2.75, 3.05) is 13.2 Å². The van der Waals surface area contributed by atoms with Crippen LogP contribution in [-0.4, -0.2) is 86.0 Å². The Balaban J connectivity index is 0.000000602. The molecule has 0 amide bonds. The van der Waals surface area contributed by atoms with Crippen LogP contribution in [0.3, 0.4) is 0 Å². The Kier molecular flexibility index (Phi) is 14.7. The van der Waals surface area contributed by atoms with Gasteiger partial charge < -0.3 is 29.3 Å². The van der Waals surface area contributed by atoms with Gasteiger partial charge in [0, 0.05) is 0 Å². The molecule has 0 radical (unpaired) electrons. The number of benzene rings is 2. The van der Waals surface area contributed by atoms with Crippen molar-refractivity contribution in [3.05, 3.63) is 70.8 Å². The average molecular weight is 580 g/mol. The summed E-state index contributed by atoms with van der Waals surface area (Å²) in [4.78, 5) is 43.8. The van der Waals surface area contributed by atoms with Crippen LogP contribution in [0.1, 0.15) is 69.1 Å². The second kappa shape index (κ2) is 15.7. The topological polar surface area (TPSA) is 133 Å². The molecule has 0 aromatic heterocycles. The van der Waals surface area contributed by atoms with E-state index >= 15 is 0 Å². The molecule has 2 rings (SSSR count). The fourth-order valence-electron chi connectivity index (χ4n) is 2.14. The molecular weight excluding hydrogens is 554 g/mol. The van der Waals surface area contributed by atoms with Gasteiger partial charge in [0.2, 0.25) is 0 Å². The van der Waals surface area contributed by atoms with Gasteiger partial charge >= 0.3 is 60.8 Å². The fourth-order valence-corrected chi connectivity index (χ4v) is 2.14. The van der Waals surface area contributed by atoms with Crippen molar-refractivity contribution >= 4 is 72.8 Å². The Morgan fingerprint density at radius 2 is 0.848 bits per heavy atom. The zero-order valence-electron chi connectivity index (χ0n) is 19.2. The third kappa shape index (κ3) is 12.1. The predicted molar refractivity (Wildman–Crippen MR) is 118 cm³/mol. The minimum atomic E-state index is -1.26. The zero-order valence-corrected chi connectivity index (χ0v) is 23.6. The van der Waals surface area contributed by atoms with Crippen LogP contribution in [0.25, 0.3) is 0 Å². The van der Waals surface area contributed by atoms with E-state index in [1.54, 1.807) is 0 Å². The van der Waals surface area contributed by atoms with E-state index in [4.69, 9.17) is 9.47 Å². The van der Waals surface area contributed by atoms with Crippen LogP contribution >= 0.6 is 0 Å². The van der Waals surface area contributed by atoms with Crippen LogP contribution in [0.5, 0.6) is 0 Å². The molecule has 0 fully saturated rings. The van der Waals surface area contributed by atoms with Crippen LogP contribution < -0.4 is 10.2 Å². The first-order valence-electron chi connectivity index (χ1n) is 9.98. The van der Waals surface area contributed by atoms with E-state index in [0.29, 0.717) is 24.3 Å². The Labute approximate surface area is 233 Å². The van der Waals surface area contributed by atoms with Gasteiger partial charge in [0.05, 0.1) is 36.3 Å². The van der Waals surface area contributed by atoms with Crippen molar-refractivity contribution < 1.29 is 38.9 Å². The maximum Gasteiger partial charge on any atom is 2.00 e. The van der Waals surface area contributed by atoms with E-state index in [1.807, 2.05) is 27.7 Å².